The normalized spacial score (nSPS) is 30.0. The summed E-state index contributed by atoms with van der Waals surface area (Å²) >= 11 is 6.50. The molecule has 1 fully saturated rings. The molecule has 1 heterocycles. The van der Waals surface area contributed by atoms with E-state index < -0.39 is 0 Å². The molecule has 2 aliphatic rings. The molecule has 1 aliphatic heterocycles. The van der Waals surface area contributed by atoms with Crippen LogP contribution in [-0.2, 0) is 13.0 Å². The van der Waals surface area contributed by atoms with Gasteiger partial charge in [-0.15, -0.1) is 0 Å². The van der Waals surface area contributed by atoms with Crippen LogP contribution in [0.15, 0.2) is 48.5 Å². The van der Waals surface area contributed by atoms with Crippen LogP contribution in [0.1, 0.15) is 36.5 Å². The summed E-state index contributed by atoms with van der Waals surface area (Å²) in [5.41, 5.74) is 4.65. The van der Waals surface area contributed by atoms with Gasteiger partial charge in [0.2, 0.25) is 0 Å². The SMILES string of the molecule is C[C@H]1Cc2c(Cl)cccc2[C@@H]2CN(Cc3ccccc3)C[C@]12C. The predicted octanol–water partition coefficient (Wildman–Crippen LogP) is 5.14. The van der Waals surface area contributed by atoms with E-state index in [1.54, 1.807) is 0 Å². The van der Waals surface area contributed by atoms with E-state index in [9.17, 15) is 0 Å². The molecule has 0 radical (unpaired) electrons. The van der Waals surface area contributed by atoms with Crippen LogP contribution in [0.25, 0.3) is 0 Å². The van der Waals surface area contributed by atoms with Crippen molar-refractivity contribution in [1.82, 2.24) is 4.90 Å². The largest absolute Gasteiger partial charge is 0.298 e. The Hall–Kier alpha value is -1.31. The van der Waals surface area contributed by atoms with Crippen molar-refractivity contribution in [2.45, 2.75) is 32.7 Å². The van der Waals surface area contributed by atoms with Crippen molar-refractivity contribution in [3.8, 4) is 0 Å². The third kappa shape index (κ3) is 2.51. The van der Waals surface area contributed by atoms with Gasteiger partial charge in [0.1, 0.15) is 0 Å². The maximum atomic E-state index is 6.50. The first-order valence-electron chi connectivity index (χ1n) is 8.61. The van der Waals surface area contributed by atoms with E-state index in [0.717, 1.165) is 24.5 Å². The molecular formula is C21H24ClN. The highest BCUT2D eigenvalue weighted by atomic mass is 35.5. The number of benzene rings is 2. The molecule has 0 bridgehead atoms. The molecule has 2 aromatic rings. The van der Waals surface area contributed by atoms with Gasteiger partial charge in [0.25, 0.3) is 0 Å². The van der Waals surface area contributed by atoms with Crippen molar-refractivity contribution in [2.24, 2.45) is 11.3 Å². The summed E-state index contributed by atoms with van der Waals surface area (Å²) in [5.74, 6) is 1.27. The van der Waals surface area contributed by atoms with E-state index in [4.69, 9.17) is 11.6 Å². The summed E-state index contributed by atoms with van der Waals surface area (Å²) in [5, 5.41) is 0.956. The zero-order chi connectivity index (χ0) is 16.0. The minimum Gasteiger partial charge on any atom is -0.298 e. The average molecular weight is 326 g/mol. The third-order valence-corrected chi connectivity index (χ3v) is 6.57. The Balaban J connectivity index is 1.65. The van der Waals surface area contributed by atoms with Gasteiger partial charge in [-0.2, -0.15) is 0 Å². The Kier molecular flexibility index (Phi) is 3.74. The highest BCUT2D eigenvalue weighted by molar-refractivity contribution is 6.31. The predicted molar refractivity (Wildman–Crippen MR) is 96.9 cm³/mol. The van der Waals surface area contributed by atoms with Crippen LogP contribution in [0.3, 0.4) is 0 Å². The average Bonchev–Trinajstić information content (AvgIpc) is 2.88. The summed E-state index contributed by atoms with van der Waals surface area (Å²) < 4.78 is 0. The van der Waals surface area contributed by atoms with E-state index >= 15 is 0 Å². The van der Waals surface area contributed by atoms with Crippen LogP contribution in [0.4, 0.5) is 0 Å². The van der Waals surface area contributed by atoms with Crippen molar-refractivity contribution in [3.63, 3.8) is 0 Å². The van der Waals surface area contributed by atoms with E-state index in [0.29, 0.717) is 17.3 Å². The topological polar surface area (TPSA) is 3.24 Å². The molecule has 0 saturated carbocycles. The van der Waals surface area contributed by atoms with Gasteiger partial charge in [-0.1, -0.05) is 67.9 Å². The van der Waals surface area contributed by atoms with Gasteiger partial charge in [-0.05, 0) is 40.5 Å². The number of rotatable bonds is 2. The standard InChI is InChI=1S/C21H24ClN/c1-15-11-18-17(9-6-10-20(18)22)19-13-23(14-21(15,19)2)12-16-7-4-3-5-8-16/h3-10,15,19H,11-14H2,1-2H3/t15-,19-,21+/m0/s1. The molecule has 0 spiro atoms. The van der Waals surface area contributed by atoms with Gasteiger partial charge in [-0.3, -0.25) is 4.90 Å². The summed E-state index contributed by atoms with van der Waals surface area (Å²) in [4.78, 5) is 2.63. The molecular weight excluding hydrogens is 302 g/mol. The molecule has 120 valence electrons. The minimum absolute atomic E-state index is 0.354. The molecule has 4 rings (SSSR count). The van der Waals surface area contributed by atoms with E-state index in [2.05, 4.69) is 61.2 Å². The van der Waals surface area contributed by atoms with Crippen LogP contribution in [-0.4, -0.2) is 18.0 Å². The second kappa shape index (κ2) is 5.65. The molecule has 2 heteroatoms. The van der Waals surface area contributed by atoms with Gasteiger partial charge in [-0.25, -0.2) is 0 Å². The van der Waals surface area contributed by atoms with Gasteiger partial charge in [0.05, 0.1) is 0 Å². The van der Waals surface area contributed by atoms with Gasteiger partial charge >= 0.3 is 0 Å². The maximum absolute atomic E-state index is 6.50. The number of nitrogens with zero attached hydrogens (tertiary/aromatic N) is 1. The number of hydrogen-bond acceptors (Lipinski definition) is 1. The molecule has 23 heavy (non-hydrogen) atoms. The lowest BCUT2D eigenvalue weighted by Gasteiger charge is -2.42. The zero-order valence-corrected chi connectivity index (χ0v) is 14.7. The molecule has 2 aromatic carbocycles. The molecule has 0 N–H and O–H groups in total. The van der Waals surface area contributed by atoms with Gasteiger partial charge in [0, 0.05) is 30.6 Å². The quantitative estimate of drug-likeness (QED) is 0.739. The Morgan fingerprint density at radius 1 is 1.13 bits per heavy atom. The number of hydrogen-bond donors (Lipinski definition) is 0. The van der Waals surface area contributed by atoms with Crippen LogP contribution < -0.4 is 0 Å². The minimum atomic E-state index is 0.354. The molecule has 1 saturated heterocycles. The number of likely N-dealkylation sites (tertiary alicyclic amines) is 1. The lowest BCUT2D eigenvalue weighted by atomic mass is 9.61. The highest BCUT2D eigenvalue weighted by Crippen LogP contribution is 2.54. The van der Waals surface area contributed by atoms with Crippen LogP contribution in [0.5, 0.6) is 0 Å². The Morgan fingerprint density at radius 3 is 2.70 bits per heavy atom. The molecule has 1 nitrogen and oxygen atoms in total. The third-order valence-electron chi connectivity index (χ3n) is 6.22. The monoisotopic (exact) mass is 325 g/mol. The fourth-order valence-electron chi connectivity index (χ4n) is 4.69. The summed E-state index contributed by atoms with van der Waals surface area (Å²) in [6, 6.07) is 17.3. The molecule has 1 aliphatic carbocycles. The van der Waals surface area contributed by atoms with Crippen LogP contribution >= 0.6 is 11.6 Å². The fraction of sp³-hybridized carbons (Fsp3) is 0.429. The first kappa shape index (κ1) is 15.2. The number of halogens is 1. The lowest BCUT2D eigenvalue weighted by molar-refractivity contribution is 0.165. The van der Waals surface area contributed by atoms with Crippen molar-refractivity contribution >= 4 is 11.6 Å². The van der Waals surface area contributed by atoms with E-state index in [1.807, 2.05) is 6.07 Å². The first-order chi connectivity index (χ1) is 11.1. The first-order valence-corrected chi connectivity index (χ1v) is 8.99. The molecule has 3 atom stereocenters. The lowest BCUT2D eigenvalue weighted by Crippen LogP contribution is -2.38. The Labute approximate surface area is 144 Å². The highest BCUT2D eigenvalue weighted by Gasteiger charge is 2.50. The Bertz CT molecular complexity index is 711. The van der Waals surface area contributed by atoms with E-state index in [-0.39, 0.29) is 0 Å². The van der Waals surface area contributed by atoms with E-state index in [1.165, 1.54) is 23.2 Å². The summed E-state index contributed by atoms with van der Waals surface area (Å²) in [7, 11) is 0. The van der Waals surface area contributed by atoms with Crippen LogP contribution in [0, 0.1) is 11.3 Å². The smallest absolute Gasteiger partial charge is 0.0440 e. The zero-order valence-electron chi connectivity index (χ0n) is 13.9. The summed E-state index contributed by atoms with van der Waals surface area (Å²) in [6.07, 6.45) is 1.11. The molecule has 0 unspecified atom stereocenters. The Morgan fingerprint density at radius 2 is 1.91 bits per heavy atom. The second-order valence-electron chi connectivity index (χ2n) is 7.63. The van der Waals surface area contributed by atoms with Crippen molar-refractivity contribution in [1.29, 1.82) is 0 Å². The number of fused-ring (bicyclic) bond motifs is 3. The van der Waals surface area contributed by atoms with Gasteiger partial charge in [0.15, 0.2) is 0 Å². The van der Waals surface area contributed by atoms with Crippen molar-refractivity contribution in [3.05, 3.63) is 70.2 Å². The van der Waals surface area contributed by atoms with Gasteiger partial charge < -0.3 is 0 Å². The van der Waals surface area contributed by atoms with Crippen molar-refractivity contribution in [2.75, 3.05) is 13.1 Å². The fourth-order valence-corrected chi connectivity index (χ4v) is 4.95. The maximum Gasteiger partial charge on any atom is 0.0440 e. The van der Waals surface area contributed by atoms with Crippen LogP contribution in [0.2, 0.25) is 5.02 Å². The molecule has 0 amide bonds. The second-order valence-corrected chi connectivity index (χ2v) is 8.03. The summed E-state index contributed by atoms with van der Waals surface area (Å²) in [6.45, 7) is 8.26. The van der Waals surface area contributed by atoms with Crippen molar-refractivity contribution < 1.29 is 0 Å². The molecule has 0 aromatic heterocycles.